The number of anilines is 2. The average molecular weight is 239 g/mol. The highest BCUT2D eigenvalue weighted by Crippen LogP contribution is 2.45. The molecule has 2 aliphatic carbocycles. The Hall–Kier alpha value is -1.03. The molecule has 2 fully saturated rings. The van der Waals surface area contributed by atoms with Gasteiger partial charge in [-0.15, -0.1) is 0 Å². The van der Waals surface area contributed by atoms with Crippen LogP contribution < -0.4 is 11.1 Å². The van der Waals surface area contributed by atoms with E-state index in [1.54, 1.807) is 6.07 Å². The summed E-state index contributed by atoms with van der Waals surface area (Å²) in [5, 5.41) is 3.84. The number of hydrogen-bond donors (Lipinski definition) is 2. The van der Waals surface area contributed by atoms with Gasteiger partial charge in [0.15, 0.2) is 0 Å². The zero-order valence-corrected chi connectivity index (χ0v) is 9.74. The maximum Gasteiger partial charge on any atom is 0.223 e. The summed E-state index contributed by atoms with van der Waals surface area (Å²) in [6, 6.07) is 2.29. The van der Waals surface area contributed by atoms with Gasteiger partial charge in [0, 0.05) is 12.1 Å². The number of fused-ring (bicyclic) bond motifs is 2. The smallest absolute Gasteiger partial charge is 0.223 e. The molecule has 0 spiro atoms. The van der Waals surface area contributed by atoms with Crippen LogP contribution in [0, 0.1) is 11.8 Å². The van der Waals surface area contributed by atoms with Gasteiger partial charge in [-0.2, -0.15) is 4.98 Å². The van der Waals surface area contributed by atoms with Gasteiger partial charge in [-0.1, -0.05) is 18.0 Å². The number of rotatable bonds is 2. The Bertz CT molecular complexity index is 389. The van der Waals surface area contributed by atoms with E-state index in [2.05, 4.69) is 15.3 Å². The Morgan fingerprint density at radius 3 is 2.81 bits per heavy atom. The van der Waals surface area contributed by atoms with Crippen LogP contribution in [0.25, 0.3) is 0 Å². The monoisotopic (exact) mass is 238 g/mol. The van der Waals surface area contributed by atoms with Crippen LogP contribution >= 0.6 is 11.6 Å². The highest BCUT2D eigenvalue weighted by molar-refractivity contribution is 6.29. The number of nitrogens with two attached hydrogens (primary N) is 1. The summed E-state index contributed by atoms with van der Waals surface area (Å²) < 4.78 is 0. The summed E-state index contributed by atoms with van der Waals surface area (Å²) in [6.45, 7) is 0. The predicted octanol–water partition coefficient (Wildman–Crippen LogP) is 2.31. The summed E-state index contributed by atoms with van der Waals surface area (Å²) in [5.74, 6) is 2.71. The number of nitrogens with zero attached hydrogens (tertiary/aromatic N) is 2. The Balaban J connectivity index is 1.74. The molecule has 3 unspecified atom stereocenters. The molecule has 2 aliphatic rings. The Morgan fingerprint density at radius 2 is 2.19 bits per heavy atom. The van der Waals surface area contributed by atoms with Crippen molar-refractivity contribution >= 4 is 23.4 Å². The molecule has 86 valence electrons. The topological polar surface area (TPSA) is 63.8 Å². The third-order valence-electron chi connectivity index (χ3n) is 3.78. The summed E-state index contributed by atoms with van der Waals surface area (Å²) >= 11 is 5.84. The minimum absolute atomic E-state index is 0.234. The molecule has 1 aromatic heterocycles. The van der Waals surface area contributed by atoms with Crippen molar-refractivity contribution < 1.29 is 0 Å². The molecule has 4 nitrogen and oxygen atoms in total. The third-order valence-corrected chi connectivity index (χ3v) is 3.98. The first kappa shape index (κ1) is 10.1. The fourth-order valence-corrected chi connectivity index (χ4v) is 3.31. The summed E-state index contributed by atoms with van der Waals surface area (Å²) in [4.78, 5) is 8.00. The fourth-order valence-electron chi connectivity index (χ4n) is 3.12. The zero-order chi connectivity index (χ0) is 11.1. The molecule has 2 bridgehead atoms. The van der Waals surface area contributed by atoms with Crippen molar-refractivity contribution in [1.29, 1.82) is 0 Å². The molecular formula is C11H15ClN4. The van der Waals surface area contributed by atoms with Crippen LogP contribution in [0.4, 0.5) is 11.8 Å². The number of halogens is 1. The van der Waals surface area contributed by atoms with E-state index in [0.29, 0.717) is 11.2 Å². The first-order valence-electron chi connectivity index (χ1n) is 5.77. The normalized spacial score (nSPS) is 31.9. The summed E-state index contributed by atoms with van der Waals surface area (Å²) in [5.41, 5.74) is 5.56. The summed E-state index contributed by atoms with van der Waals surface area (Å²) in [7, 11) is 0. The number of hydrogen-bond acceptors (Lipinski definition) is 4. The third kappa shape index (κ3) is 1.82. The van der Waals surface area contributed by atoms with E-state index in [1.807, 2.05) is 0 Å². The van der Waals surface area contributed by atoms with Crippen molar-refractivity contribution in [2.24, 2.45) is 11.8 Å². The largest absolute Gasteiger partial charge is 0.368 e. The maximum atomic E-state index is 5.84. The molecule has 2 saturated carbocycles. The molecule has 0 aromatic carbocycles. The van der Waals surface area contributed by atoms with Crippen molar-refractivity contribution in [2.75, 3.05) is 11.1 Å². The number of nitrogens with one attached hydrogen (secondary N) is 1. The lowest BCUT2D eigenvalue weighted by Gasteiger charge is -2.23. The van der Waals surface area contributed by atoms with E-state index in [9.17, 15) is 0 Å². The van der Waals surface area contributed by atoms with Gasteiger partial charge in [0.1, 0.15) is 11.0 Å². The molecule has 0 radical (unpaired) electrons. The molecule has 1 heterocycles. The van der Waals surface area contributed by atoms with Gasteiger partial charge >= 0.3 is 0 Å². The molecule has 3 N–H and O–H groups in total. The lowest BCUT2D eigenvalue weighted by molar-refractivity contribution is 0.439. The lowest BCUT2D eigenvalue weighted by Crippen LogP contribution is -2.26. The van der Waals surface area contributed by atoms with Crippen LogP contribution in [0.1, 0.15) is 25.7 Å². The molecule has 3 rings (SSSR count). The number of aromatic nitrogens is 2. The van der Waals surface area contributed by atoms with Gasteiger partial charge in [-0.3, -0.25) is 0 Å². The second kappa shape index (κ2) is 3.77. The quantitative estimate of drug-likeness (QED) is 0.777. The van der Waals surface area contributed by atoms with Crippen molar-refractivity contribution in [2.45, 2.75) is 31.7 Å². The molecule has 0 saturated heterocycles. The van der Waals surface area contributed by atoms with Crippen molar-refractivity contribution in [3.05, 3.63) is 11.2 Å². The van der Waals surface area contributed by atoms with Gasteiger partial charge in [-0.25, -0.2) is 4.98 Å². The number of nitrogen functional groups attached to an aromatic ring is 1. The molecule has 5 heteroatoms. The second-order valence-corrected chi connectivity index (χ2v) is 5.25. The Labute approximate surface area is 99.6 Å². The minimum atomic E-state index is 0.234. The second-order valence-electron chi connectivity index (χ2n) is 4.86. The maximum absolute atomic E-state index is 5.84. The first-order valence-corrected chi connectivity index (χ1v) is 6.15. The lowest BCUT2D eigenvalue weighted by atomic mass is 9.95. The van der Waals surface area contributed by atoms with Crippen molar-refractivity contribution in [3.63, 3.8) is 0 Å². The van der Waals surface area contributed by atoms with Crippen molar-refractivity contribution in [1.82, 2.24) is 9.97 Å². The Kier molecular flexibility index (Phi) is 2.39. The zero-order valence-electron chi connectivity index (χ0n) is 8.99. The SMILES string of the molecule is Nc1nc(Cl)cc(NC2CC3CCC2C3)n1. The van der Waals surface area contributed by atoms with Gasteiger partial charge < -0.3 is 11.1 Å². The van der Waals surface area contributed by atoms with Crippen LogP contribution in [-0.4, -0.2) is 16.0 Å². The van der Waals surface area contributed by atoms with E-state index in [0.717, 1.165) is 17.7 Å². The molecule has 3 atom stereocenters. The fraction of sp³-hybridized carbons (Fsp3) is 0.636. The molecule has 0 amide bonds. The molecular weight excluding hydrogens is 224 g/mol. The molecule has 16 heavy (non-hydrogen) atoms. The highest BCUT2D eigenvalue weighted by Gasteiger charge is 2.39. The van der Waals surface area contributed by atoms with Crippen LogP contribution in [0.15, 0.2) is 6.07 Å². The van der Waals surface area contributed by atoms with Gasteiger partial charge in [0.25, 0.3) is 0 Å². The average Bonchev–Trinajstić information content (AvgIpc) is 2.77. The standard InChI is InChI=1S/C11H15ClN4/c12-9-5-10(16-11(13)15-9)14-8-4-6-1-2-7(8)3-6/h5-8H,1-4H2,(H3,13,14,15,16). The van der Waals surface area contributed by atoms with E-state index < -0.39 is 0 Å². The van der Waals surface area contributed by atoms with Gasteiger partial charge in [0.2, 0.25) is 5.95 Å². The van der Waals surface area contributed by atoms with Gasteiger partial charge in [-0.05, 0) is 31.1 Å². The van der Waals surface area contributed by atoms with E-state index in [1.165, 1.54) is 25.7 Å². The van der Waals surface area contributed by atoms with Crippen LogP contribution in [-0.2, 0) is 0 Å². The van der Waals surface area contributed by atoms with Crippen LogP contribution in [0.2, 0.25) is 5.15 Å². The van der Waals surface area contributed by atoms with Crippen LogP contribution in [0.5, 0.6) is 0 Å². The summed E-state index contributed by atoms with van der Waals surface area (Å²) in [6.07, 6.45) is 5.37. The van der Waals surface area contributed by atoms with E-state index >= 15 is 0 Å². The Morgan fingerprint density at radius 1 is 1.31 bits per heavy atom. The van der Waals surface area contributed by atoms with Gasteiger partial charge in [0.05, 0.1) is 0 Å². The predicted molar refractivity (Wildman–Crippen MR) is 64.3 cm³/mol. The molecule has 0 aliphatic heterocycles. The van der Waals surface area contributed by atoms with E-state index in [4.69, 9.17) is 17.3 Å². The minimum Gasteiger partial charge on any atom is -0.368 e. The highest BCUT2D eigenvalue weighted by atomic mass is 35.5. The molecule has 1 aromatic rings. The first-order chi connectivity index (χ1) is 7.70. The van der Waals surface area contributed by atoms with E-state index in [-0.39, 0.29) is 5.95 Å². The van der Waals surface area contributed by atoms with Crippen molar-refractivity contribution in [3.8, 4) is 0 Å². The van der Waals surface area contributed by atoms with Crippen LogP contribution in [0.3, 0.4) is 0 Å².